The fourth-order valence-corrected chi connectivity index (χ4v) is 4.03. The van der Waals surface area contributed by atoms with Gasteiger partial charge in [-0.2, -0.15) is 5.10 Å². The Morgan fingerprint density at radius 1 is 1.35 bits per heavy atom. The Bertz CT molecular complexity index is 1150. The molecule has 2 atom stereocenters. The average molecular weight is 531 g/mol. The van der Waals surface area contributed by atoms with Crippen molar-refractivity contribution in [2.45, 2.75) is 23.3 Å². The van der Waals surface area contributed by atoms with Crippen LogP contribution < -0.4 is 5.43 Å². The minimum Gasteiger partial charge on any atom is -0.278 e. The van der Waals surface area contributed by atoms with E-state index in [0.717, 1.165) is 12.1 Å². The number of aliphatic imine (C=N–C) groups is 1. The number of amides is 1. The van der Waals surface area contributed by atoms with Crippen LogP contribution in [0.3, 0.4) is 0 Å². The third-order valence-electron chi connectivity index (χ3n) is 4.89. The number of non-ortho nitro benzene ring substituents is 1. The van der Waals surface area contributed by atoms with Crippen LogP contribution >= 0.6 is 22.6 Å². The highest BCUT2D eigenvalue weighted by Gasteiger charge is 2.37. The zero-order valence-electron chi connectivity index (χ0n) is 16.4. The van der Waals surface area contributed by atoms with Crippen molar-refractivity contribution in [3.05, 3.63) is 81.9 Å². The molecule has 0 fully saturated rings. The molecule has 0 radical (unpaired) electrons. The second-order valence-electron chi connectivity index (χ2n) is 6.83. The number of fused-ring (bicyclic) bond motifs is 1. The molecule has 0 spiro atoms. The van der Waals surface area contributed by atoms with Crippen LogP contribution in [0.1, 0.15) is 41.0 Å². The molecule has 31 heavy (non-hydrogen) atoms. The van der Waals surface area contributed by atoms with Gasteiger partial charge in [-0.15, -0.1) is 0 Å². The van der Waals surface area contributed by atoms with Gasteiger partial charge in [0.25, 0.3) is 11.6 Å². The standard InChI is InChI=1S/C20H18IN7O3/c1-2-15(21)18-17-16(11-23-25-17)24-19(13-4-3-5-14(10-13)28(30)31)27(18)26-20(29)12-6-8-22-9-7-12/h3-11,15,18H,2H2,1H3,(H,23,25)(H,26,29). The third-order valence-corrected chi connectivity index (χ3v) is 6.45. The van der Waals surface area contributed by atoms with Gasteiger partial charge in [-0.25, -0.2) is 4.99 Å². The van der Waals surface area contributed by atoms with Crippen LogP contribution in [0.5, 0.6) is 0 Å². The zero-order chi connectivity index (χ0) is 22.0. The lowest BCUT2D eigenvalue weighted by Crippen LogP contribution is -2.52. The first-order valence-corrected chi connectivity index (χ1v) is 10.7. The fraction of sp³-hybridized carbons (Fsp3) is 0.200. The van der Waals surface area contributed by atoms with Crippen molar-refractivity contribution in [3.8, 4) is 0 Å². The van der Waals surface area contributed by atoms with Gasteiger partial charge in [-0.05, 0) is 18.6 Å². The Kier molecular flexibility index (Phi) is 5.93. The Morgan fingerprint density at radius 2 is 2.13 bits per heavy atom. The molecule has 0 saturated heterocycles. The van der Waals surface area contributed by atoms with Gasteiger partial charge in [0.1, 0.15) is 11.7 Å². The SMILES string of the molecule is CCC(I)C1c2[nH]ncc2N=C(c2cccc([N+](=O)[O-])c2)N1NC(=O)c1ccncc1. The van der Waals surface area contributed by atoms with E-state index in [1.165, 1.54) is 12.1 Å². The van der Waals surface area contributed by atoms with Gasteiger partial charge in [0.2, 0.25) is 0 Å². The molecule has 0 aliphatic carbocycles. The van der Waals surface area contributed by atoms with Crippen molar-refractivity contribution in [3.63, 3.8) is 0 Å². The highest BCUT2D eigenvalue weighted by molar-refractivity contribution is 14.1. The number of halogens is 1. The molecule has 11 heteroatoms. The summed E-state index contributed by atoms with van der Waals surface area (Å²) in [6.45, 7) is 2.05. The minimum atomic E-state index is -0.458. The molecule has 4 rings (SSSR count). The third kappa shape index (κ3) is 4.13. The molecule has 1 aromatic carbocycles. The number of hydrogen-bond acceptors (Lipinski definition) is 7. The molecule has 3 heterocycles. The number of nitro groups is 1. The van der Waals surface area contributed by atoms with Crippen molar-refractivity contribution in [1.82, 2.24) is 25.6 Å². The Morgan fingerprint density at radius 3 is 2.84 bits per heavy atom. The average Bonchev–Trinajstić information content (AvgIpc) is 3.27. The van der Waals surface area contributed by atoms with Crippen molar-refractivity contribution in [2.75, 3.05) is 0 Å². The molecule has 0 saturated carbocycles. The molecule has 0 bridgehead atoms. The summed E-state index contributed by atoms with van der Waals surface area (Å²) in [5.41, 5.74) is 5.24. The number of amidine groups is 1. The number of hydrogen-bond donors (Lipinski definition) is 2. The molecule has 1 amide bonds. The molecule has 2 unspecified atom stereocenters. The van der Waals surface area contributed by atoms with E-state index in [9.17, 15) is 14.9 Å². The highest BCUT2D eigenvalue weighted by Crippen LogP contribution is 2.39. The number of pyridine rings is 1. The largest absolute Gasteiger partial charge is 0.278 e. The van der Waals surface area contributed by atoms with Gasteiger partial charge in [-0.3, -0.25) is 35.4 Å². The summed E-state index contributed by atoms with van der Waals surface area (Å²) in [6, 6.07) is 9.11. The number of nitro benzene ring substituents is 1. The summed E-state index contributed by atoms with van der Waals surface area (Å²) in [7, 11) is 0. The number of aromatic amines is 1. The van der Waals surface area contributed by atoms with Gasteiger partial charge < -0.3 is 0 Å². The Labute approximate surface area is 191 Å². The van der Waals surface area contributed by atoms with Crippen LogP contribution in [-0.2, 0) is 0 Å². The zero-order valence-corrected chi connectivity index (χ0v) is 18.6. The van der Waals surface area contributed by atoms with Gasteiger partial charge in [0.15, 0.2) is 5.84 Å². The van der Waals surface area contributed by atoms with E-state index in [-0.39, 0.29) is 21.6 Å². The van der Waals surface area contributed by atoms with Crippen molar-refractivity contribution < 1.29 is 9.72 Å². The first-order valence-electron chi connectivity index (χ1n) is 9.50. The maximum Gasteiger partial charge on any atom is 0.270 e. The molecule has 1 aliphatic rings. The highest BCUT2D eigenvalue weighted by atomic mass is 127. The quantitative estimate of drug-likeness (QED) is 0.216. The summed E-state index contributed by atoms with van der Waals surface area (Å²) in [5.74, 6) is 0.0633. The second kappa shape index (κ2) is 8.79. The number of benzene rings is 1. The first-order chi connectivity index (χ1) is 15.0. The Balaban J connectivity index is 1.82. The van der Waals surface area contributed by atoms with E-state index >= 15 is 0 Å². The maximum atomic E-state index is 13.0. The van der Waals surface area contributed by atoms with Crippen LogP contribution in [0.15, 0.2) is 60.0 Å². The number of aromatic nitrogens is 3. The van der Waals surface area contributed by atoms with Gasteiger partial charge in [0.05, 0.1) is 16.8 Å². The number of alkyl halides is 1. The molecule has 3 aromatic rings. The van der Waals surface area contributed by atoms with E-state index in [0.29, 0.717) is 22.6 Å². The number of nitrogens with zero attached hydrogens (tertiary/aromatic N) is 5. The van der Waals surface area contributed by atoms with Crippen molar-refractivity contribution in [2.24, 2.45) is 4.99 Å². The number of H-pyrrole nitrogens is 1. The van der Waals surface area contributed by atoms with Gasteiger partial charge in [0, 0.05) is 39.6 Å². The van der Waals surface area contributed by atoms with Gasteiger partial charge in [-0.1, -0.05) is 41.6 Å². The lowest BCUT2D eigenvalue weighted by Gasteiger charge is -2.38. The normalized spacial score (nSPS) is 16.3. The molecule has 10 nitrogen and oxygen atoms in total. The van der Waals surface area contributed by atoms with Crippen LogP contribution in [0.25, 0.3) is 0 Å². The number of hydrazine groups is 1. The molecular weight excluding hydrogens is 513 g/mol. The minimum absolute atomic E-state index is 0.0586. The smallest absolute Gasteiger partial charge is 0.270 e. The lowest BCUT2D eigenvalue weighted by atomic mass is 10.0. The van der Waals surface area contributed by atoms with Crippen LogP contribution in [0.4, 0.5) is 11.4 Å². The summed E-state index contributed by atoms with van der Waals surface area (Å²) >= 11 is 2.33. The Hall–Kier alpha value is -3.35. The van der Waals surface area contributed by atoms with Gasteiger partial charge >= 0.3 is 0 Å². The molecular formula is C20H18IN7O3. The van der Waals surface area contributed by atoms with Crippen molar-refractivity contribution in [1.29, 1.82) is 0 Å². The van der Waals surface area contributed by atoms with Crippen LogP contribution in [-0.4, -0.2) is 40.8 Å². The van der Waals surface area contributed by atoms with Crippen molar-refractivity contribution >= 4 is 45.7 Å². The number of nitrogens with one attached hydrogen (secondary N) is 2. The van der Waals surface area contributed by atoms with E-state index < -0.39 is 4.92 Å². The summed E-state index contributed by atoms with van der Waals surface area (Å²) < 4.78 is 0.0822. The lowest BCUT2D eigenvalue weighted by molar-refractivity contribution is -0.384. The van der Waals surface area contributed by atoms with Crippen LogP contribution in [0.2, 0.25) is 0 Å². The topological polar surface area (TPSA) is 129 Å². The fourth-order valence-electron chi connectivity index (χ4n) is 3.35. The predicted octanol–water partition coefficient (Wildman–Crippen LogP) is 3.71. The number of carbonyl (C=O) groups is 1. The summed E-state index contributed by atoms with van der Waals surface area (Å²) in [5, 5.41) is 20.1. The maximum absolute atomic E-state index is 13.0. The second-order valence-corrected chi connectivity index (χ2v) is 8.43. The van der Waals surface area contributed by atoms with E-state index in [4.69, 9.17) is 0 Å². The molecule has 2 N–H and O–H groups in total. The number of carbonyl (C=O) groups excluding carboxylic acids is 1. The van der Waals surface area contributed by atoms with Crippen LogP contribution in [0, 0.1) is 10.1 Å². The molecule has 1 aliphatic heterocycles. The first kappa shape index (κ1) is 20.9. The molecule has 158 valence electrons. The summed E-state index contributed by atoms with van der Waals surface area (Å²) in [4.78, 5) is 32.5. The molecule has 2 aromatic heterocycles. The van der Waals surface area contributed by atoms with E-state index in [1.807, 2.05) is 0 Å². The summed E-state index contributed by atoms with van der Waals surface area (Å²) in [6.07, 6.45) is 5.50. The monoisotopic (exact) mass is 531 g/mol. The van der Waals surface area contributed by atoms with E-state index in [2.05, 4.69) is 55.1 Å². The van der Waals surface area contributed by atoms with E-state index in [1.54, 1.807) is 47.9 Å². The number of rotatable bonds is 6. The predicted molar refractivity (Wildman–Crippen MR) is 122 cm³/mol.